The molecule has 5 nitrogen and oxygen atoms in total. The molecule has 2 heterocycles. The molecule has 7 heteroatoms. The molecule has 1 fully saturated rings. The first-order valence-electron chi connectivity index (χ1n) is 7.64. The van der Waals surface area contributed by atoms with Gasteiger partial charge in [0.05, 0.1) is 5.56 Å². The lowest BCUT2D eigenvalue weighted by Gasteiger charge is -2.19. The molecule has 1 saturated carbocycles. The summed E-state index contributed by atoms with van der Waals surface area (Å²) in [5.74, 6) is 1.28. The van der Waals surface area contributed by atoms with Crippen LogP contribution in [-0.2, 0) is 0 Å². The number of rotatable bonds is 3. The molecule has 3 aromatic rings. The molecular formula is C16H15Cl2N5. The molecule has 0 bridgehead atoms. The van der Waals surface area contributed by atoms with Crippen LogP contribution < -0.4 is 5.32 Å². The third kappa shape index (κ3) is 2.64. The molecule has 0 saturated heterocycles. The van der Waals surface area contributed by atoms with Gasteiger partial charge in [0.15, 0.2) is 0 Å². The Labute approximate surface area is 143 Å². The molecule has 118 valence electrons. The minimum Gasteiger partial charge on any atom is -0.367 e. The second-order valence-corrected chi connectivity index (χ2v) is 6.47. The largest absolute Gasteiger partial charge is 0.367 e. The lowest BCUT2D eigenvalue weighted by molar-refractivity contribution is 0.741. The quantitative estimate of drug-likeness (QED) is 0.711. The number of benzene rings is 1. The zero-order chi connectivity index (χ0) is 15.8. The maximum Gasteiger partial charge on any atom is 0.255 e. The minimum atomic E-state index is 0.374. The first kappa shape index (κ1) is 14.7. The molecule has 4 rings (SSSR count). The standard InChI is InChI=1S/C16H15Cl2N5/c17-12-8-4-3-7-11(12)13-14(18)22-16-19-9-20-23(16)15(13)21-10-5-1-2-6-10/h3-4,7-10,21H,1-2,5-6H2. The van der Waals surface area contributed by atoms with Crippen molar-refractivity contribution in [2.45, 2.75) is 31.7 Å². The van der Waals surface area contributed by atoms with Crippen molar-refractivity contribution in [3.63, 3.8) is 0 Å². The smallest absolute Gasteiger partial charge is 0.255 e. The lowest BCUT2D eigenvalue weighted by atomic mass is 10.1. The maximum absolute atomic E-state index is 6.47. The van der Waals surface area contributed by atoms with E-state index in [-0.39, 0.29) is 0 Å². The molecule has 1 aliphatic carbocycles. The van der Waals surface area contributed by atoms with Gasteiger partial charge in [-0.2, -0.15) is 19.6 Å². The van der Waals surface area contributed by atoms with Gasteiger partial charge in [-0.05, 0) is 18.9 Å². The van der Waals surface area contributed by atoms with Crippen molar-refractivity contribution < 1.29 is 0 Å². The summed E-state index contributed by atoms with van der Waals surface area (Å²) in [6.07, 6.45) is 6.22. The summed E-state index contributed by atoms with van der Waals surface area (Å²) in [6, 6.07) is 8.02. The maximum atomic E-state index is 6.47. The normalized spacial score (nSPS) is 15.4. The molecule has 2 aromatic heterocycles. The highest BCUT2D eigenvalue weighted by atomic mass is 35.5. The number of hydrogen-bond donors (Lipinski definition) is 1. The molecular weight excluding hydrogens is 333 g/mol. The number of nitrogens with zero attached hydrogens (tertiary/aromatic N) is 4. The van der Waals surface area contributed by atoms with Crippen LogP contribution in [0.25, 0.3) is 16.9 Å². The van der Waals surface area contributed by atoms with Gasteiger partial charge in [-0.15, -0.1) is 0 Å². The number of fused-ring (bicyclic) bond motifs is 1. The van der Waals surface area contributed by atoms with E-state index in [0.717, 1.165) is 29.8 Å². The van der Waals surface area contributed by atoms with Crippen LogP contribution in [0.2, 0.25) is 10.2 Å². The van der Waals surface area contributed by atoms with Gasteiger partial charge in [-0.3, -0.25) is 0 Å². The lowest BCUT2D eigenvalue weighted by Crippen LogP contribution is -2.18. The Balaban J connectivity index is 1.94. The highest BCUT2D eigenvalue weighted by molar-refractivity contribution is 6.36. The van der Waals surface area contributed by atoms with E-state index in [1.165, 1.54) is 19.2 Å². The van der Waals surface area contributed by atoms with Gasteiger partial charge in [0.1, 0.15) is 17.3 Å². The van der Waals surface area contributed by atoms with Gasteiger partial charge in [0.25, 0.3) is 5.78 Å². The predicted octanol–water partition coefficient (Wildman–Crippen LogP) is 4.45. The summed E-state index contributed by atoms with van der Waals surface area (Å²) >= 11 is 12.9. The molecule has 23 heavy (non-hydrogen) atoms. The Hall–Kier alpha value is -1.85. The van der Waals surface area contributed by atoms with E-state index in [1.54, 1.807) is 4.52 Å². The van der Waals surface area contributed by atoms with Crippen LogP contribution in [0.4, 0.5) is 5.82 Å². The fourth-order valence-electron chi connectivity index (χ4n) is 3.12. The molecule has 1 aliphatic rings. The molecule has 1 aromatic carbocycles. The number of hydrogen-bond acceptors (Lipinski definition) is 4. The van der Waals surface area contributed by atoms with E-state index in [1.807, 2.05) is 24.3 Å². The van der Waals surface area contributed by atoms with E-state index in [4.69, 9.17) is 23.2 Å². The highest BCUT2D eigenvalue weighted by Gasteiger charge is 2.23. The van der Waals surface area contributed by atoms with Crippen molar-refractivity contribution in [1.29, 1.82) is 0 Å². The minimum absolute atomic E-state index is 0.374. The van der Waals surface area contributed by atoms with Crippen LogP contribution in [0.5, 0.6) is 0 Å². The summed E-state index contributed by atoms with van der Waals surface area (Å²) in [5.41, 5.74) is 1.60. The molecule has 0 amide bonds. The Kier molecular flexibility index (Phi) is 3.83. The van der Waals surface area contributed by atoms with E-state index in [0.29, 0.717) is 22.0 Å². The summed E-state index contributed by atoms with van der Waals surface area (Å²) in [7, 11) is 0. The SMILES string of the molecule is Clc1ccccc1-c1c(Cl)nc2ncnn2c1NC1CCCC1. The molecule has 1 N–H and O–H groups in total. The number of aromatic nitrogens is 4. The fourth-order valence-corrected chi connectivity index (χ4v) is 3.61. The molecule has 0 radical (unpaired) electrons. The first-order valence-corrected chi connectivity index (χ1v) is 8.40. The van der Waals surface area contributed by atoms with Gasteiger partial charge in [0, 0.05) is 16.6 Å². The summed E-state index contributed by atoms with van der Waals surface area (Å²) < 4.78 is 1.70. The summed E-state index contributed by atoms with van der Waals surface area (Å²) in [4.78, 5) is 8.50. The summed E-state index contributed by atoms with van der Waals surface area (Å²) in [6.45, 7) is 0. The third-order valence-corrected chi connectivity index (χ3v) is 4.83. The van der Waals surface area contributed by atoms with Gasteiger partial charge in [-0.25, -0.2) is 0 Å². The number of nitrogens with one attached hydrogen (secondary N) is 1. The van der Waals surface area contributed by atoms with Gasteiger partial charge in [-0.1, -0.05) is 54.2 Å². The van der Waals surface area contributed by atoms with Crippen LogP contribution in [0.1, 0.15) is 25.7 Å². The van der Waals surface area contributed by atoms with Crippen molar-refractivity contribution in [2.75, 3.05) is 5.32 Å². The molecule has 0 aliphatic heterocycles. The monoisotopic (exact) mass is 347 g/mol. The second-order valence-electron chi connectivity index (χ2n) is 5.70. The van der Waals surface area contributed by atoms with Crippen LogP contribution in [-0.4, -0.2) is 25.6 Å². The number of halogens is 2. The van der Waals surface area contributed by atoms with Crippen molar-refractivity contribution in [2.24, 2.45) is 0 Å². The highest BCUT2D eigenvalue weighted by Crippen LogP contribution is 2.38. The molecule has 0 unspecified atom stereocenters. The van der Waals surface area contributed by atoms with Crippen molar-refractivity contribution in [3.05, 3.63) is 40.8 Å². The van der Waals surface area contributed by atoms with Crippen LogP contribution in [0.3, 0.4) is 0 Å². The van der Waals surface area contributed by atoms with Gasteiger partial charge in [0.2, 0.25) is 0 Å². The average Bonchev–Trinajstić information content (AvgIpc) is 3.20. The first-order chi connectivity index (χ1) is 11.2. The van der Waals surface area contributed by atoms with E-state index >= 15 is 0 Å². The fraction of sp³-hybridized carbons (Fsp3) is 0.312. The Bertz CT molecular complexity index is 855. The van der Waals surface area contributed by atoms with Crippen molar-refractivity contribution >= 4 is 34.8 Å². The van der Waals surface area contributed by atoms with E-state index < -0.39 is 0 Å². The second kappa shape index (κ2) is 5.98. The number of anilines is 1. The van der Waals surface area contributed by atoms with E-state index in [2.05, 4.69) is 20.4 Å². The van der Waals surface area contributed by atoms with E-state index in [9.17, 15) is 0 Å². The molecule has 0 spiro atoms. The average molecular weight is 348 g/mol. The third-order valence-electron chi connectivity index (χ3n) is 4.22. The van der Waals surface area contributed by atoms with Crippen molar-refractivity contribution in [3.8, 4) is 11.1 Å². The zero-order valence-electron chi connectivity index (χ0n) is 12.3. The Morgan fingerprint density at radius 2 is 1.91 bits per heavy atom. The van der Waals surface area contributed by atoms with Crippen LogP contribution in [0, 0.1) is 0 Å². The summed E-state index contributed by atoms with van der Waals surface area (Å²) in [5, 5.41) is 8.88. The van der Waals surface area contributed by atoms with Gasteiger partial charge >= 0.3 is 0 Å². The predicted molar refractivity (Wildman–Crippen MR) is 92.1 cm³/mol. The Morgan fingerprint density at radius 1 is 1.13 bits per heavy atom. The van der Waals surface area contributed by atoms with Crippen LogP contribution >= 0.6 is 23.2 Å². The van der Waals surface area contributed by atoms with Crippen molar-refractivity contribution in [1.82, 2.24) is 19.6 Å². The molecule has 0 atom stereocenters. The Morgan fingerprint density at radius 3 is 2.70 bits per heavy atom. The van der Waals surface area contributed by atoms with Gasteiger partial charge < -0.3 is 5.32 Å². The topological polar surface area (TPSA) is 55.1 Å². The zero-order valence-corrected chi connectivity index (χ0v) is 13.8. The van der Waals surface area contributed by atoms with Crippen LogP contribution in [0.15, 0.2) is 30.6 Å².